The Morgan fingerprint density at radius 3 is 2.84 bits per heavy atom. The molecule has 8 nitrogen and oxygen atoms in total. The van der Waals surface area contributed by atoms with E-state index in [-0.39, 0.29) is 11.9 Å². The minimum Gasteiger partial charge on any atom is -0.448 e. The Bertz CT molecular complexity index is 868. The van der Waals surface area contributed by atoms with Crippen LogP contribution in [0.2, 0.25) is 0 Å². The molecule has 1 fully saturated rings. The fraction of sp³-hybridized carbons (Fsp3) is 0.353. The highest BCUT2D eigenvalue weighted by Crippen LogP contribution is 2.39. The van der Waals surface area contributed by atoms with Crippen molar-refractivity contribution in [3.05, 3.63) is 59.6 Å². The van der Waals surface area contributed by atoms with Crippen molar-refractivity contribution >= 4 is 5.91 Å². The lowest BCUT2D eigenvalue weighted by atomic mass is 10.1. The second-order valence-electron chi connectivity index (χ2n) is 6.19. The van der Waals surface area contributed by atoms with Gasteiger partial charge in [0.25, 0.3) is 5.91 Å². The van der Waals surface area contributed by atoms with Crippen molar-refractivity contribution in [1.82, 2.24) is 30.5 Å². The zero-order chi connectivity index (χ0) is 17.2. The highest BCUT2D eigenvalue weighted by molar-refractivity contribution is 5.94. The van der Waals surface area contributed by atoms with E-state index in [1.54, 1.807) is 12.1 Å². The van der Waals surface area contributed by atoms with E-state index in [0.29, 0.717) is 23.9 Å². The van der Waals surface area contributed by atoms with Gasteiger partial charge in [-0.05, 0) is 43.0 Å². The molecular formula is C17H18N6O2. The second kappa shape index (κ2) is 6.46. The van der Waals surface area contributed by atoms with Gasteiger partial charge < -0.3 is 9.73 Å². The molecule has 1 amide bonds. The molecule has 1 atom stereocenters. The molecule has 1 saturated carbocycles. The van der Waals surface area contributed by atoms with Crippen molar-refractivity contribution in [2.24, 2.45) is 5.92 Å². The van der Waals surface area contributed by atoms with Crippen molar-refractivity contribution < 1.29 is 9.21 Å². The topological polar surface area (TPSA) is 98.7 Å². The number of hydrogen-bond donors (Lipinski definition) is 1. The molecule has 3 aromatic rings. The Balaban J connectivity index is 1.50. The summed E-state index contributed by atoms with van der Waals surface area (Å²) < 4.78 is 5.18. The number of amides is 1. The minimum atomic E-state index is -0.222. The van der Waals surface area contributed by atoms with E-state index in [2.05, 4.69) is 25.7 Å². The third-order valence-electron chi connectivity index (χ3n) is 4.30. The van der Waals surface area contributed by atoms with Gasteiger partial charge in [0.05, 0.1) is 6.04 Å². The Hall–Kier alpha value is -3.03. The van der Waals surface area contributed by atoms with E-state index < -0.39 is 0 Å². The van der Waals surface area contributed by atoms with E-state index in [0.717, 1.165) is 24.3 Å². The van der Waals surface area contributed by atoms with Crippen LogP contribution in [0.4, 0.5) is 0 Å². The third kappa shape index (κ3) is 3.42. The average Bonchev–Trinajstić information content (AvgIpc) is 3.24. The lowest BCUT2D eigenvalue weighted by Gasteiger charge is -2.14. The number of tetrazole rings is 1. The molecule has 2 heterocycles. The Morgan fingerprint density at radius 2 is 2.16 bits per heavy atom. The maximum absolute atomic E-state index is 12.5. The van der Waals surface area contributed by atoms with Gasteiger partial charge in [-0.25, -0.2) is 4.98 Å². The standard InChI is InChI=1S/C17H18N6O2/c1-11-14(18-10-25-11)9-23-21-16(20-22-23)15(12-7-8-12)19-17(24)13-5-3-2-4-6-13/h2-6,10,12,15H,7-9H2,1H3,(H,19,24). The lowest BCUT2D eigenvalue weighted by molar-refractivity contribution is 0.0929. The predicted octanol–water partition coefficient (Wildman–Crippen LogP) is 1.90. The number of benzene rings is 1. The number of nitrogens with one attached hydrogen (secondary N) is 1. The summed E-state index contributed by atoms with van der Waals surface area (Å²) in [6.07, 6.45) is 3.50. The van der Waals surface area contributed by atoms with Crippen LogP contribution in [0, 0.1) is 12.8 Å². The summed E-state index contributed by atoms with van der Waals surface area (Å²) in [6.45, 7) is 2.23. The van der Waals surface area contributed by atoms with Crippen LogP contribution in [-0.4, -0.2) is 31.1 Å². The number of rotatable bonds is 6. The molecule has 1 N–H and O–H groups in total. The van der Waals surface area contributed by atoms with Gasteiger partial charge in [-0.2, -0.15) is 4.80 Å². The van der Waals surface area contributed by atoms with Crippen LogP contribution in [0.1, 0.15) is 46.5 Å². The Labute approximate surface area is 144 Å². The van der Waals surface area contributed by atoms with E-state index in [4.69, 9.17) is 4.42 Å². The number of aryl methyl sites for hydroxylation is 1. The summed E-state index contributed by atoms with van der Waals surface area (Å²) in [5.41, 5.74) is 1.39. The molecule has 0 radical (unpaired) electrons. The van der Waals surface area contributed by atoms with Crippen LogP contribution in [0.3, 0.4) is 0 Å². The van der Waals surface area contributed by atoms with Crippen LogP contribution < -0.4 is 5.32 Å². The fourth-order valence-corrected chi connectivity index (χ4v) is 2.70. The predicted molar refractivity (Wildman–Crippen MR) is 87.5 cm³/mol. The number of oxazole rings is 1. The lowest BCUT2D eigenvalue weighted by Crippen LogP contribution is -2.30. The molecule has 1 aliphatic carbocycles. The molecule has 1 aliphatic rings. The number of nitrogens with zero attached hydrogens (tertiary/aromatic N) is 5. The number of carbonyl (C=O) groups is 1. The van der Waals surface area contributed by atoms with Crippen LogP contribution in [0.5, 0.6) is 0 Å². The number of hydrogen-bond acceptors (Lipinski definition) is 6. The van der Waals surface area contributed by atoms with Crippen molar-refractivity contribution in [3.63, 3.8) is 0 Å². The summed E-state index contributed by atoms with van der Waals surface area (Å²) in [7, 11) is 0. The second-order valence-corrected chi connectivity index (χ2v) is 6.19. The van der Waals surface area contributed by atoms with E-state index >= 15 is 0 Å². The van der Waals surface area contributed by atoms with Crippen LogP contribution in [0.25, 0.3) is 0 Å². The largest absolute Gasteiger partial charge is 0.448 e. The molecular weight excluding hydrogens is 320 g/mol. The molecule has 1 unspecified atom stereocenters. The van der Waals surface area contributed by atoms with Gasteiger partial charge in [0.2, 0.25) is 0 Å². The summed E-state index contributed by atoms with van der Waals surface area (Å²) in [5, 5.41) is 15.7. The monoisotopic (exact) mass is 338 g/mol. The summed E-state index contributed by atoms with van der Waals surface area (Å²) >= 11 is 0. The maximum Gasteiger partial charge on any atom is 0.251 e. The first-order valence-corrected chi connectivity index (χ1v) is 8.23. The molecule has 2 aromatic heterocycles. The van der Waals surface area contributed by atoms with Crippen molar-refractivity contribution in [3.8, 4) is 0 Å². The fourth-order valence-electron chi connectivity index (χ4n) is 2.70. The van der Waals surface area contributed by atoms with E-state index in [1.807, 2.05) is 25.1 Å². The van der Waals surface area contributed by atoms with Crippen LogP contribution in [0.15, 0.2) is 41.1 Å². The van der Waals surface area contributed by atoms with Gasteiger partial charge in [0.15, 0.2) is 12.2 Å². The van der Waals surface area contributed by atoms with Gasteiger partial charge in [-0.3, -0.25) is 4.79 Å². The summed E-state index contributed by atoms with van der Waals surface area (Å²) in [5.74, 6) is 1.50. The first-order valence-electron chi connectivity index (χ1n) is 8.23. The molecule has 4 rings (SSSR count). The number of carbonyl (C=O) groups excluding carboxylic acids is 1. The van der Waals surface area contributed by atoms with Gasteiger partial charge in [-0.1, -0.05) is 18.2 Å². The summed E-state index contributed by atoms with van der Waals surface area (Å²) in [6, 6.07) is 8.92. The van der Waals surface area contributed by atoms with Crippen LogP contribution in [-0.2, 0) is 6.54 Å². The summed E-state index contributed by atoms with van der Waals surface area (Å²) in [4.78, 5) is 18.1. The first kappa shape index (κ1) is 15.5. The molecule has 0 bridgehead atoms. The van der Waals surface area contributed by atoms with Gasteiger partial charge in [0.1, 0.15) is 18.0 Å². The minimum absolute atomic E-state index is 0.124. The molecule has 0 saturated heterocycles. The normalized spacial score (nSPS) is 15.1. The molecule has 0 spiro atoms. The van der Waals surface area contributed by atoms with Crippen molar-refractivity contribution in [2.75, 3.05) is 0 Å². The van der Waals surface area contributed by atoms with Gasteiger partial charge in [0, 0.05) is 5.56 Å². The third-order valence-corrected chi connectivity index (χ3v) is 4.30. The SMILES string of the molecule is Cc1ocnc1Cn1nnc(C(NC(=O)c2ccccc2)C2CC2)n1. The molecule has 8 heteroatoms. The maximum atomic E-state index is 12.5. The number of aromatic nitrogens is 5. The molecule has 128 valence electrons. The molecule has 1 aromatic carbocycles. The van der Waals surface area contributed by atoms with Crippen molar-refractivity contribution in [1.29, 1.82) is 0 Å². The van der Waals surface area contributed by atoms with E-state index in [1.165, 1.54) is 11.2 Å². The van der Waals surface area contributed by atoms with Crippen molar-refractivity contribution in [2.45, 2.75) is 32.4 Å². The zero-order valence-electron chi connectivity index (χ0n) is 13.8. The average molecular weight is 338 g/mol. The van der Waals surface area contributed by atoms with Gasteiger partial charge >= 0.3 is 0 Å². The molecule has 25 heavy (non-hydrogen) atoms. The van der Waals surface area contributed by atoms with E-state index in [9.17, 15) is 4.79 Å². The quantitative estimate of drug-likeness (QED) is 0.737. The smallest absolute Gasteiger partial charge is 0.251 e. The molecule has 0 aliphatic heterocycles. The Kier molecular flexibility index (Phi) is 4.01. The zero-order valence-corrected chi connectivity index (χ0v) is 13.8. The van der Waals surface area contributed by atoms with Crippen LogP contribution >= 0.6 is 0 Å². The Morgan fingerprint density at radius 1 is 1.36 bits per heavy atom. The highest BCUT2D eigenvalue weighted by Gasteiger charge is 2.36. The highest BCUT2D eigenvalue weighted by atomic mass is 16.3. The first-order chi connectivity index (χ1) is 12.2. The van der Waals surface area contributed by atoms with Gasteiger partial charge in [-0.15, -0.1) is 10.2 Å².